The number of hydrogen-bond donors (Lipinski definition) is 0. The largest absolute Gasteiger partial charge is 0.465 e. The Morgan fingerprint density at radius 1 is 1.37 bits per heavy atom. The van der Waals surface area contributed by atoms with E-state index in [1.165, 1.54) is 0 Å². The number of nitrogens with zero attached hydrogens (tertiary/aromatic N) is 1. The van der Waals surface area contributed by atoms with Crippen LogP contribution in [0.5, 0.6) is 0 Å². The minimum absolute atomic E-state index is 0.0226. The van der Waals surface area contributed by atoms with Crippen LogP contribution in [0.3, 0.4) is 0 Å². The van der Waals surface area contributed by atoms with Crippen molar-refractivity contribution in [3.05, 3.63) is 35.9 Å². The van der Waals surface area contributed by atoms with Crippen molar-refractivity contribution in [3.8, 4) is 0 Å². The Kier molecular flexibility index (Phi) is 4.20. The maximum absolute atomic E-state index is 12.0. The van der Waals surface area contributed by atoms with Gasteiger partial charge < -0.3 is 9.64 Å². The first kappa shape index (κ1) is 13.6. The highest BCUT2D eigenvalue weighted by Gasteiger charge is 2.38. The molecule has 4 heteroatoms. The van der Waals surface area contributed by atoms with E-state index >= 15 is 0 Å². The molecule has 2 rings (SSSR count). The number of benzene rings is 1. The predicted octanol–water partition coefficient (Wildman–Crippen LogP) is 1.95. The summed E-state index contributed by atoms with van der Waals surface area (Å²) in [6, 6.07) is 9.99. The summed E-state index contributed by atoms with van der Waals surface area (Å²) in [6.07, 6.45) is 0.463. The number of esters is 1. The van der Waals surface area contributed by atoms with Crippen LogP contribution in [0.1, 0.15) is 31.7 Å². The summed E-state index contributed by atoms with van der Waals surface area (Å²) in [5, 5.41) is 0. The van der Waals surface area contributed by atoms with Gasteiger partial charge in [0.1, 0.15) is 6.54 Å². The van der Waals surface area contributed by atoms with Gasteiger partial charge in [0.05, 0.1) is 6.61 Å². The topological polar surface area (TPSA) is 46.6 Å². The van der Waals surface area contributed by atoms with Gasteiger partial charge in [0.2, 0.25) is 5.91 Å². The highest BCUT2D eigenvalue weighted by molar-refractivity contribution is 5.85. The lowest BCUT2D eigenvalue weighted by Gasteiger charge is -2.24. The van der Waals surface area contributed by atoms with Gasteiger partial charge in [-0.2, -0.15) is 0 Å². The van der Waals surface area contributed by atoms with Gasteiger partial charge >= 0.3 is 5.97 Å². The van der Waals surface area contributed by atoms with Crippen LogP contribution >= 0.6 is 0 Å². The zero-order chi connectivity index (χ0) is 13.8. The van der Waals surface area contributed by atoms with Gasteiger partial charge in [-0.1, -0.05) is 30.3 Å². The van der Waals surface area contributed by atoms with Gasteiger partial charge in [-0.25, -0.2) is 0 Å². The molecule has 1 saturated heterocycles. The summed E-state index contributed by atoms with van der Waals surface area (Å²) in [4.78, 5) is 25.2. The normalized spacial score (nSPS) is 22.6. The van der Waals surface area contributed by atoms with Crippen LogP contribution in [0.4, 0.5) is 0 Å². The molecule has 0 aromatic heterocycles. The fourth-order valence-electron chi connectivity index (χ4n) is 2.59. The summed E-state index contributed by atoms with van der Waals surface area (Å²) < 4.78 is 4.91. The van der Waals surface area contributed by atoms with Crippen molar-refractivity contribution in [2.24, 2.45) is 0 Å². The first-order valence-corrected chi connectivity index (χ1v) is 6.63. The average Bonchev–Trinajstić information content (AvgIpc) is 2.68. The predicted molar refractivity (Wildman–Crippen MR) is 71.6 cm³/mol. The lowest BCUT2D eigenvalue weighted by Crippen LogP contribution is -2.37. The van der Waals surface area contributed by atoms with Crippen molar-refractivity contribution in [3.63, 3.8) is 0 Å². The van der Waals surface area contributed by atoms with Crippen molar-refractivity contribution < 1.29 is 14.3 Å². The standard InChI is InChI=1S/C15H19NO3/c1-3-19-15(18)10-16-11(2)13(9-14(16)17)12-7-5-4-6-8-12/h4-8,11,13H,3,9-10H2,1-2H3/t11-,13-/m0/s1. The lowest BCUT2D eigenvalue weighted by molar-refractivity contribution is -0.148. The van der Waals surface area contributed by atoms with Crippen molar-refractivity contribution in [2.75, 3.05) is 13.2 Å². The van der Waals surface area contributed by atoms with E-state index in [2.05, 4.69) is 0 Å². The van der Waals surface area contributed by atoms with Crippen LogP contribution in [0.2, 0.25) is 0 Å². The molecule has 4 nitrogen and oxygen atoms in total. The van der Waals surface area contributed by atoms with E-state index in [-0.39, 0.29) is 30.4 Å². The zero-order valence-electron chi connectivity index (χ0n) is 11.3. The summed E-state index contributed by atoms with van der Waals surface area (Å²) in [5.74, 6) is -0.158. The molecule has 1 amide bonds. The molecule has 0 aliphatic carbocycles. The van der Waals surface area contributed by atoms with E-state index < -0.39 is 0 Å². The zero-order valence-corrected chi connectivity index (χ0v) is 11.3. The van der Waals surface area contributed by atoms with Gasteiger partial charge in [0.15, 0.2) is 0 Å². The van der Waals surface area contributed by atoms with Crippen molar-refractivity contribution in [1.82, 2.24) is 4.90 Å². The molecule has 0 spiro atoms. The number of ether oxygens (including phenoxy) is 1. The second-order valence-corrected chi connectivity index (χ2v) is 4.79. The second-order valence-electron chi connectivity index (χ2n) is 4.79. The van der Waals surface area contributed by atoms with Crippen molar-refractivity contribution in [1.29, 1.82) is 0 Å². The number of likely N-dealkylation sites (tertiary alicyclic amines) is 1. The Balaban J connectivity index is 2.08. The molecule has 0 N–H and O–H groups in total. The molecular weight excluding hydrogens is 242 g/mol. The summed E-state index contributed by atoms with van der Waals surface area (Å²) in [5.41, 5.74) is 1.15. The maximum atomic E-state index is 12.0. The minimum Gasteiger partial charge on any atom is -0.465 e. The summed E-state index contributed by atoms with van der Waals surface area (Å²) in [7, 11) is 0. The number of rotatable bonds is 4. The van der Waals surface area contributed by atoms with Crippen LogP contribution < -0.4 is 0 Å². The van der Waals surface area contributed by atoms with E-state index in [9.17, 15) is 9.59 Å². The molecule has 1 aliphatic heterocycles. The molecule has 0 saturated carbocycles. The lowest BCUT2D eigenvalue weighted by atomic mass is 9.93. The van der Waals surface area contributed by atoms with Crippen LogP contribution in [-0.4, -0.2) is 36.0 Å². The monoisotopic (exact) mass is 261 g/mol. The summed E-state index contributed by atoms with van der Waals surface area (Å²) >= 11 is 0. The molecule has 102 valence electrons. The van der Waals surface area contributed by atoms with E-state index in [0.29, 0.717) is 13.0 Å². The van der Waals surface area contributed by atoms with Crippen LogP contribution in [0.15, 0.2) is 30.3 Å². The SMILES string of the molecule is CCOC(=O)CN1C(=O)C[C@H](c2ccccc2)[C@@H]1C. The molecule has 1 aliphatic rings. The van der Waals surface area contributed by atoms with E-state index in [1.54, 1.807) is 11.8 Å². The smallest absolute Gasteiger partial charge is 0.325 e. The molecule has 0 radical (unpaired) electrons. The van der Waals surface area contributed by atoms with E-state index in [0.717, 1.165) is 5.56 Å². The van der Waals surface area contributed by atoms with Gasteiger partial charge in [0, 0.05) is 18.4 Å². The molecule has 1 heterocycles. The Labute approximate surface area is 113 Å². The third-order valence-electron chi connectivity index (χ3n) is 3.62. The molecule has 1 fully saturated rings. The van der Waals surface area contributed by atoms with Crippen LogP contribution in [0.25, 0.3) is 0 Å². The molecule has 19 heavy (non-hydrogen) atoms. The quantitative estimate of drug-likeness (QED) is 0.778. The number of carbonyl (C=O) groups is 2. The van der Waals surface area contributed by atoms with Crippen LogP contribution in [-0.2, 0) is 14.3 Å². The van der Waals surface area contributed by atoms with Crippen molar-refractivity contribution in [2.45, 2.75) is 32.2 Å². The summed E-state index contributed by atoms with van der Waals surface area (Å²) in [6.45, 7) is 4.15. The second kappa shape index (κ2) is 5.87. The molecule has 1 aromatic carbocycles. The molecule has 0 bridgehead atoms. The van der Waals surface area contributed by atoms with Gasteiger partial charge in [-0.15, -0.1) is 0 Å². The average molecular weight is 261 g/mol. The van der Waals surface area contributed by atoms with Gasteiger partial charge in [0.25, 0.3) is 0 Å². The third kappa shape index (κ3) is 2.95. The van der Waals surface area contributed by atoms with Gasteiger partial charge in [-0.05, 0) is 19.4 Å². The van der Waals surface area contributed by atoms with Crippen molar-refractivity contribution >= 4 is 11.9 Å². The third-order valence-corrected chi connectivity index (χ3v) is 3.62. The Hall–Kier alpha value is -1.84. The maximum Gasteiger partial charge on any atom is 0.325 e. The fraction of sp³-hybridized carbons (Fsp3) is 0.467. The molecule has 2 atom stereocenters. The minimum atomic E-state index is -0.337. The number of amides is 1. The first-order valence-electron chi connectivity index (χ1n) is 6.63. The van der Waals surface area contributed by atoms with Gasteiger partial charge in [-0.3, -0.25) is 9.59 Å². The number of hydrogen-bond acceptors (Lipinski definition) is 3. The molecule has 1 aromatic rings. The highest BCUT2D eigenvalue weighted by atomic mass is 16.5. The number of carbonyl (C=O) groups excluding carboxylic acids is 2. The highest BCUT2D eigenvalue weighted by Crippen LogP contribution is 2.33. The van der Waals surface area contributed by atoms with E-state index in [4.69, 9.17) is 4.74 Å². The Bertz CT molecular complexity index is 458. The first-order chi connectivity index (χ1) is 9.13. The van der Waals surface area contributed by atoms with E-state index in [1.807, 2.05) is 37.3 Å². The molecule has 0 unspecified atom stereocenters. The Morgan fingerprint density at radius 3 is 2.68 bits per heavy atom. The van der Waals surface area contributed by atoms with Crippen LogP contribution in [0, 0.1) is 0 Å². The fourth-order valence-corrected chi connectivity index (χ4v) is 2.59. The Morgan fingerprint density at radius 2 is 2.05 bits per heavy atom. The molecular formula is C15H19NO3.